The Morgan fingerprint density at radius 1 is 1.38 bits per heavy atom. The third-order valence-electron chi connectivity index (χ3n) is 3.33. The predicted octanol–water partition coefficient (Wildman–Crippen LogP) is 2.03. The number of hydrogen-bond acceptors (Lipinski definition) is 4. The molecule has 1 heterocycles. The second kappa shape index (κ2) is 6.24. The Hall–Kier alpha value is -0.630. The summed E-state index contributed by atoms with van der Waals surface area (Å²) in [5, 5.41) is 0. The molecule has 1 aliphatic rings. The molecule has 0 unspecified atom stereocenters. The van der Waals surface area contributed by atoms with Gasteiger partial charge in [-0.2, -0.15) is 16.1 Å². The van der Waals surface area contributed by atoms with Crippen molar-refractivity contribution < 1.29 is 8.42 Å². The Morgan fingerprint density at radius 2 is 2.00 bits per heavy atom. The molecule has 1 aliphatic heterocycles. The number of nitrogens with zero attached hydrogens (tertiary/aromatic N) is 1. The maximum Gasteiger partial charge on any atom is 0.243 e. The molecule has 116 valence electrons. The van der Waals surface area contributed by atoms with Gasteiger partial charge in [-0.1, -0.05) is 24.4 Å². The van der Waals surface area contributed by atoms with E-state index in [-0.39, 0.29) is 4.75 Å². The maximum absolute atomic E-state index is 12.7. The Morgan fingerprint density at radius 3 is 2.52 bits per heavy atom. The van der Waals surface area contributed by atoms with E-state index in [1.165, 1.54) is 0 Å². The fourth-order valence-corrected chi connectivity index (χ4v) is 5.39. The highest BCUT2D eigenvalue weighted by Gasteiger charge is 2.34. The quantitative estimate of drug-likeness (QED) is 0.847. The van der Waals surface area contributed by atoms with Crippen molar-refractivity contribution in [3.05, 3.63) is 29.8 Å². The number of benzene rings is 1. The van der Waals surface area contributed by atoms with Crippen LogP contribution in [0.3, 0.4) is 0 Å². The van der Waals surface area contributed by atoms with Gasteiger partial charge in [-0.25, -0.2) is 8.42 Å². The number of thiocarbonyl (C=S) groups is 1. The number of rotatable bonds is 4. The van der Waals surface area contributed by atoms with Gasteiger partial charge in [-0.3, -0.25) is 0 Å². The molecule has 0 atom stereocenters. The van der Waals surface area contributed by atoms with Gasteiger partial charge in [0.15, 0.2) is 0 Å². The molecule has 1 fully saturated rings. The first-order chi connectivity index (χ1) is 9.71. The van der Waals surface area contributed by atoms with Gasteiger partial charge in [0.25, 0.3) is 0 Å². The van der Waals surface area contributed by atoms with Crippen LogP contribution in [0.25, 0.3) is 0 Å². The average Bonchev–Trinajstić information content (AvgIpc) is 2.37. The summed E-state index contributed by atoms with van der Waals surface area (Å²) in [5.41, 5.74) is 6.42. The molecule has 2 rings (SSSR count). The van der Waals surface area contributed by atoms with Crippen molar-refractivity contribution >= 4 is 39.0 Å². The van der Waals surface area contributed by atoms with Crippen LogP contribution < -0.4 is 5.73 Å². The van der Waals surface area contributed by atoms with E-state index in [2.05, 4.69) is 13.8 Å². The zero-order valence-corrected chi connectivity index (χ0v) is 14.7. The SMILES string of the molecule is CC1(C)CN(S(=O)(=O)c2ccc(CC(N)=S)cc2)CCS1. The summed E-state index contributed by atoms with van der Waals surface area (Å²) in [5.74, 6) is 0.825. The summed E-state index contributed by atoms with van der Waals surface area (Å²) in [6, 6.07) is 6.82. The molecule has 4 nitrogen and oxygen atoms in total. The molecule has 0 aromatic heterocycles. The van der Waals surface area contributed by atoms with E-state index in [0.717, 1.165) is 11.3 Å². The summed E-state index contributed by atoms with van der Waals surface area (Å²) in [7, 11) is -3.42. The van der Waals surface area contributed by atoms with Crippen LogP contribution in [0.4, 0.5) is 0 Å². The Labute approximate surface area is 136 Å². The fraction of sp³-hybridized carbons (Fsp3) is 0.500. The third kappa shape index (κ3) is 4.18. The lowest BCUT2D eigenvalue weighted by molar-refractivity contribution is 0.387. The molecule has 21 heavy (non-hydrogen) atoms. The summed E-state index contributed by atoms with van der Waals surface area (Å²) in [6.07, 6.45) is 0.489. The molecule has 1 aromatic rings. The second-order valence-electron chi connectivity index (χ2n) is 5.73. The van der Waals surface area contributed by atoms with Crippen LogP contribution in [-0.4, -0.2) is 41.3 Å². The Bertz CT molecular complexity index is 624. The maximum atomic E-state index is 12.7. The van der Waals surface area contributed by atoms with Gasteiger partial charge in [0, 0.05) is 30.0 Å². The highest BCUT2D eigenvalue weighted by atomic mass is 32.2. The average molecular weight is 345 g/mol. The van der Waals surface area contributed by atoms with Crippen molar-refractivity contribution in [2.75, 3.05) is 18.8 Å². The largest absolute Gasteiger partial charge is 0.393 e. The van der Waals surface area contributed by atoms with E-state index in [9.17, 15) is 8.42 Å². The van der Waals surface area contributed by atoms with Crippen molar-refractivity contribution in [1.29, 1.82) is 0 Å². The molecule has 0 aliphatic carbocycles. The molecule has 7 heteroatoms. The van der Waals surface area contributed by atoms with Crippen molar-refractivity contribution in [2.45, 2.75) is 29.9 Å². The van der Waals surface area contributed by atoms with Crippen LogP contribution in [0.1, 0.15) is 19.4 Å². The Balaban J connectivity index is 2.21. The van der Waals surface area contributed by atoms with Crippen molar-refractivity contribution in [3.8, 4) is 0 Å². The van der Waals surface area contributed by atoms with E-state index in [4.69, 9.17) is 18.0 Å². The van der Waals surface area contributed by atoms with E-state index in [1.54, 1.807) is 28.6 Å². The summed E-state index contributed by atoms with van der Waals surface area (Å²) in [4.78, 5) is 0.734. The molecular formula is C14H20N2O2S3. The number of thioether (sulfide) groups is 1. The lowest BCUT2D eigenvalue weighted by atomic mass is 10.1. The topological polar surface area (TPSA) is 63.4 Å². The van der Waals surface area contributed by atoms with Crippen LogP contribution in [0.5, 0.6) is 0 Å². The highest BCUT2D eigenvalue weighted by Crippen LogP contribution is 2.32. The summed E-state index contributed by atoms with van der Waals surface area (Å²) in [6.45, 7) is 5.25. The molecule has 0 bridgehead atoms. The lowest BCUT2D eigenvalue weighted by Gasteiger charge is -2.36. The molecule has 1 aromatic carbocycles. The van der Waals surface area contributed by atoms with Crippen molar-refractivity contribution in [3.63, 3.8) is 0 Å². The Kier molecular flexibility index (Phi) is 4.97. The fourth-order valence-electron chi connectivity index (χ4n) is 2.31. The summed E-state index contributed by atoms with van der Waals surface area (Å²) >= 11 is 6.67. The van der Waals surface area contributed by atoms with Gasteiger partial charge in [0.2, 0.25) is 10.0 Å². The van der Waals surface area contributed by atoms with Gasteiger partial charge in [0.1, 0.15) is 0 Å². The summed E-state index contributed by atoms with van der Waals surface area (Å²) < 4.78 is 26.9. The predicted molar refractivity (Wildman–Crippen MR) is 92.2 cm³/mol. The minimum Gasteiger partial charge on any atom is -0.393 e. The molecule has 0 amide bonds. The van der Waals surface area contributed by atoms with E-state index >= 15 is 0 Å². The first kappa shape index (κ1) is 16.7. The normalized spacial score (nSPS) is 19.3. The molecule has 0 saturated carbocycles. The molecule has 1 saturated heterocycles. The molecular weight excluding hydrogens is 324 g/mol. The number of sulfonamides is 1. The molecule has 0 spiro atoms. The van der Waals surface area contributed by atoms with Gasteiger partial charge < -0.3 is 5.73 Å². The van der Waals surface area contributed by atoms with Crippen LogP contribution in [-0.2, 0) is 16.4 Å². The third-order valence-corrected chi connectivity index (χ3v) is 6.63. The minimum absolute atomic E-state index is 0.0446. The van der Waals surface area contributed by atoms with Crippen LogP contribution in [0.15, 0.2) is 29.2 Å². The van der Waals surface area contributed by atoms with Crippen LogP contribution in [0, 0.1) is 0 Å². The van der Waals surface area contributed by atoms with E-state index < -0.39 is 10.0 Å². The first-order valence-electron chi connectivity index (χ1n) is 6.72. The smallest absolute Gasteiger partial charge is 0.243 e. The second-order valence-corrected chi connectivity index (χ2v) is 10.00. The standard InChI is InChI=1S/C14H20N2O2S3/c1-14(2)10-16(7-8-20-14)21(17,18)12-5-3-11(4-6-12)9-13(15)19/h3-6H,7-10H2,1-2H3,(H2,15,19). The van der Waals surface area contributed by atoms with E-state index in [0.29, 0.717) is 29.4 Å². The molecule has 2 N–H and O–H groups in total. The minimum atomic E-state index is -3.42. The molecule has 0 radical (unpaired) electrons. The highest BCUT2D eigenvalue weighted by molar-refractivity contribution is 8.00. The van der Waals surface area contributed by atoms with Crippen molar-refractivity contribution in [1.82, 2.24) is 4.31 Å². The lowest BCUT2D eigenvalue weighted by Crippen LogP contribution is -2.46. The zero-order chi connectivity index (χ0) is 15.7. The van der Waals surface area contributed by atoms with Gasteiger partial charge >= 0.3 is 0 Å². The van der Waals surface area contributed by atoms with Gasteiger partial charge in [-0.15, -0.1) is 0 Å². The number of hydrogen-bond donors (Lipinski definition) is 1. The van der Waals surface area contributed by atoms with Gasteiger partial charge in [0.05, 0.1) is 9.88 Å². The van der Waals surface area contributed by atoms with Crippen molar-refractivity contribution in [2.24, 2.45) is 5.73 Å². The first-order valence-corrected chi connectivity index (χ1v) is 9.55. The zero-order valence-electron chi connectivity index (χ0n) is 12.2. The van der Waals surface area contributed by atoms with Crippen LogP contribution in [0.2, 0.25) is 0 Å². The van der Waals surface area contributed by atoms with E-state index in [1.807, 2.05) is 11.8 Å². The number of nitrogens with two attached hydrogens (primary N) is 1. The van der Waals surface area contributed by atoms with Crippen LogP contribution >= 0.6 is 24.0 Å². The monoisotopic (exact) mass is 344 g/mol. The van der Waals surface area contributed by atoms with Gasteiger partial charge in [-0.05, 0) is 31.5 Å².